The van der Waals surface area contributed by atoms with Gasteiger partial charge in [0, 0.05) is 19.7 Å². The van der Waals surface area contributed by atoms with Gasteiger partial charge in [0.2, 0.25) is 0 Å². The molecule has 16 heteroatoms. The summed E-state index contributed by atoms with van der Waals surface area (Å²) >= 11 is 0. The van der Waals surface area contributed by atoms with Gasteiger partial charge in [-0.3, -0.25) is 4.68 Å². The lowest BCUT2D eigenvalue weighted by atomic mass is 9.97. The summed E-state index contributed by atoms with van der Waals surface area (Å²) in [6.07, 6.45) is -2.57. The van der Waals surface area contributed by atoms with Crippen molar-refractivity contribution >= 4 is 23.9 Å². The van der Waals surface area contributed by atoms with E-state index in [9.17, 15) is 29.4 Å². The number of aromatic hydroxyl groups is 1. The molecule has 4 aromatic carbocycles. The Kier molecular flexibility index (Phi) is 14.7. The van der Waals surface area contributed by atoms with Gasteiger partial charge in [0.05, 0.1) is 48.3 Å². The molecule has 0 aliphatic carbocycles. The molecule has 6 rings (SSSR count). The molecule has 0 spiro atoms. The van der Waals surface area contributed by atoms with Crippen LogP contribution in [-0.2, 0) is 41.6 Å². The van der Waals surface area contributed by atoms with Crippen LogP contribution in [0.3, 0.4) is 0 Å². The van der Waals surface area contributed by atoms with Gasteiger partial charge in [-0.1, -0.05) is 59.8 Å². The van der Waals surface area contributed by atoms with Crippen molar-refractivity contribution in [3.63, 3.8) is 0 Å². The van der Waals surface area contributed by atoms with E-state index in [1.54, 1.807) is 102 Å². The van der Waals surface area contributed by atoms with Crippen molar-refractivity contribution in [2.24, 2.45) is 0 Å². The standard InChI is InChI=1S/C43H43N3O13/c1-53-43-38(59-42(52)30-18-10-4-11-19-30)37(58-41(51)29-16-8-3-9-17-29)36(57-40(50)28-14-6-2-7-15-28)35(56-43)27-54-26-32-25-46(45-44-32)20-12-5-13-21-55-34-23-31(39(48)49)22-33(47)24-34/h2-4,6-11,14-19,22-25,35-38,43,47H,5,12-13,20-21,26-27H2,1H3,(H,48,49)/t35-,36-,37+,38-,43+/m1/s1. The molecule has 2 heterocycles. The highest BCUT2D eigenvalue weighted by Gasteiger charge is 2.53. The Morgan fingerprint density at radius 1 is 0.712 bits per heavy atom. The molecule has 0 radical (unpaired) electrons. The van der Waals surface area contributed by atoms with Gasteiger partial charge < -0.3 is 43.4 Å². The number of methoxy groups -OCH3 is 1. The summed E-state index contributed by atoms with van der Waals surface area (Å²) in [5.41, 5.74) is 1.10. The van der Waals surface area contributed by atoms with Crippen LogP contribution in [0.4, 0.5) is 0 Å². The summed E-state index contributed by atoms with van der Waals surface area (Å²) in [6, 6.07) is 28.5. The van der Waals surface area contributed by atoms with E-state index in [-0.39, 0.29) is 47.0 Å². The van der Waals surface area contributed by atoms with Gasteiger partial charge in [-0.05, 0) is 67.8 Å². The molecule has 0 bridgehead atoms. The van der Waals surface area contributed by atoms with Crippen LogP contribution in [0.5, 0.6) is 11.5 Å². The summed E-state index contributed by atoms with van der Waals surface area (Å²) < 4.78 is 43.2. The maximum Gasteiger partial charge on any atom is 0.338 e. The van der Waals surface area contributed by atoms with Crippen LogP contribution in [0, 0.1) is 0 Å². The fraction of sp³-hybridized carbons (Fsp3) is 0.302. The van der Waals surface area contributed by atoms with Crippen LogP contribution in [-0.4, -0.2) is 100 Å². The maximum atomic E-state index is 13.6. The van der Waals surface area contributed by atoms with Crippen LogP contribution < -0.4 is 4.74 Å². The molecule has 1 saturated heterocycles. The quantitative estimate of drug-likeness (QED) is 0.0601. The molecule has 1 fully saturated rings. The summed E-state index contributed by atoms with van der Waals surface area (Å²) in [6.45, 7) is 0.689. The molecular weight excluding hydrogens is 766 g/mol. The molecule has 1 aliphatic rings. The Bertz CT molecular complexity index is 2150. The molecule has 0 unspecified atom stereocenters. The molecule has 1 aliphatic heterocycles. The number of aromatic carboxylic acids is 1. The first kappa shape index (κ1) is 42.0. The summed E-state index contributed by atoms with van der Waals surface area (Å²) in [4.78, 5) is 51.8. The number of phenols is 1. The monoisotopic (exact) mass is 809 g/mol. The number of nitrogens with zero attached hydrogens (tertiary/aromatic N) is 3. The fourth-order valence-corrected chi connectivity index (χ4v) is 6.23. The number of ether oxygens (including phenoxy) is 7. The highest BCUT2D eigenvalue weighted by molar-refractivity contribution is 5.91. The first-order chi connectivity index (χ1) is 28.7. The minimum atomic E-state index is -1.41. The van der Waals surface area contributed by atoms with Crippen molar-refractivity contribution in [1.29, 1.82) is 0 Å². The molecule has 5 aromatic rings. The van der Waals surface area contributed by atoms with E-state index in [0.29, 0.717) is 25.3 Å². The SMILES string of the molecule is CO[C@H]1O[C@H](COCc2cn(CCCCCOc3cc(O)cc(C(=O)O)c3)nn2)[C@@H](OC(=O)c2ccccc2)[C@H](OC(=O)c2ccccc2)[C@H]1OC(=O)c1ccccc1. The number of benzene rings is 4. The summed E-state index contributed by atoms with van der Waals surface area (Å²) in [7, 11) is 1.34. The largest absolute Gasteiger partial charge is 0.508 e. The number of aromatic nitrogens is 3. The number of unbranched alkanes of at least 4 members (excludes halogenated alkanes) is 2. The lowest BCUT2D eigenvalue weighted by molar-refractivity contribution is -0.294. The van der Waals surface area contributed by atoms with E-state index in [2.05, 4.69) is 10.3 Å². The number of aryl methyl sites for hydroxylation is 1. The van der Waals surface area contributed by atoms with E-state index >= 15 is 0 Å². The zero-order valence-electron chi connectivity index (χ0n) is 32.0. The zero-order chi connectivity index (χ0) is 41.6. The van der Waals surface area contributed by atoms with Crippen molar-refractivity contribution in [3.05, 3.63) is 143 Å². The third-order valence-corrected chi connectivity index (χ3v) is 9.14. The maximum absolute atomic E-state index is 13.6. The van der Waals surface area contributed by atoms with Crippen molar-refractivity contribution < 1.29 is 62.5 Å². The van der Waals surface area contributed by atoms with Crippen molar-refractivity contribution in [2.45, 2.75) is 63.1 Å². The van der Waals surface area contributed by atoms with E-state index in [1.807, 2.05) is 0 Å². The van der Waals surface area contributed by atoms with Gasteiger partial charge in [-0.25, -0.2) is 19.2 Å². The van der Waals surface area contributed by atoms with Crippen LogP contribution in [0.15, 0.2) is 115 Å². The third-order valence-electron chi connectivity index (χ3n) is 9.14. The predicted octanol–water partition coefficient (Wildman–Crippen LogP) is 5.50. The molecule has 0 amide bonds. The van der Waals surface area contributed by atoms with Crippen LogP contribution in [0.25, 0.3) is 0 Å². The number of phenolic OH excluding ortho intramolecular Hbond substituents is 1. The van der Waals surface area contributed by atoms with Crippen molar-refractivity contribution in [1.82, 2.24) is 15.0 Å². The van der Waals surface area contributed by atoms with Gasteiger partial charge >= 0.3 is 23.9 Å². The molecular formula is C43H43N3O13. The van der Waals surface area contributed by atoms with E-state index < -0.39 is 54.6 Å². The summed E-state index contributed by atoms with van der Waals surface area (Å²) in [5.74, 6) is -3.32. The number of hydrogen-bond donors (Lipinski definition) is 2. The fourth-order valence-electron chi connectivity index (χ4n) is 6.23. The molecule has 59 heavy (non-hydrogen) atoms. The second-order valence-corrected chi connectivity index (χ2v) is 13.4. The molecule has 2 N–H and O–H groups in total. The lowest BCUT2D eigenvalue weighted by Crippen LogP contribution is -2.62. The average Bonchev–Trinajstić information content (AvgIpc) is 3.71. The Morgan fingerprint density at radius 2 is 1.29 bits per heavy atom. The highest BCUT2D eigenvalue weighted by atomic mass is 16.7. The highest BCUT2D eigenvalue weighted by Crippen LogP contribution is 2.31. The molecule has 0 saturated carbocycles. The molecule has 308 valence electrons. The van der Waals surface area contributed by atoms with Gasteiger partial charge in [0.15, 0.2) is 24.6 Å². The van der Waals surface area contributed by atoms with Gasteiger partial charge in [0.25, 0.3) is 0 Å². The first-order valence-corrected chi connectivity index (χ1v) is 18.8. The van der Waals surface area contributed by atoms with E-state index in [0.717, 1.165) is 18.9 Å². The van der Waals surface area contributed by atoms with Gasteiger partial charge in [-0.2, -0.15) is 0 Å². The van der Waals surface area contributed by atoms with E-state index in [4.69, 9.17) is 33.2 Å². The number of hydrogen-bond acceptors (Lipinski definition) is 14. The Balaban J connectivity index is 1.11. The Morgan fingerprint density at radius 3 is 1.86 bits per heavy atom. The number of carboxylic acid groups (broad SMARTS) is 1. The number of esters is 3. The normalized spacial score (nSPS) is 18.7. The second kappa shape index (κ2) is 20.7. The number of rotatable bonds is 19. The summed E-state index contributed by atoms with van der Waals surface area (Å²) in [5, 5.41) is 27.3. The molecule has 1 aromatic heterocycles. The van der Waals surface area contributed by atoms with Crippen LogP contribution >= 0.6 is 0 Å². The topological polar surface area (TPSA) is 204 Å². The zero-order valence-corrected chi connectivity index (χ0v) is 32.0. The second-order valence-electron chi connectivity index (χ2n) is 13.4. The first-order valence-electron chi connectivity index (χ1n) is 18.8. The number of carboxylic acids is 1. The van der Waals surface area contributed by atoms with Crippen molar-refractivity contribution in [3.8, 4) is 11.5 Å². The Hall–Kier alpha value is -6.62. The van der Waals surface area contributed by atoms with Crippen molar-refractivity contribution in [2.75, 3.05) is 20.3 Å². The van der Waals surface area contributed by atoms with Gasteiger partial charge in [0.1, 0.15) is 23.3 Å². The third kappa shape index (κ3) is 11.7. The number of carbonyl (C=O) groups excluding carboxylic acids is 3. The smallest absolute Gasteiger partial charge is 0.338 e. The minimum absolute atomic E-state index is 0.00611. The van der Waals surface area contributed by atoms with Crippen LogP contribution in [0.1, 0.15) is 66.4 Å². The molecule has 5 atom stereocenters. The Labute approximate surface area is 339 Å². The molecule has 16 nitrogen and oxygen atoms in total. The average molecular weight is 810 g/mol. The van der Waals surface area contributed by atoms with Crippen LogP contribution in [0.2, 0.25) is 0 Å². The predicted molar refractivity (Wildman–Crippen MR) is 207 cm³/mol. The minimum Gasteiger partial charge on any atom is -0.508 e. The lowest BCUT2D eigenvalue weighted by Gasteiger charge is -2.44. The van der Waals surface area contributed by atoms with E-state index in [1.165, 1.54) is 19.2 Å². The number of carbonyl (C=O) groups is 4. The van der Waals surface area contributed by atoms with Gasteiger partial charge in [-0.15, -0.1) is 5.10 Å².